The summed E-state index contributed by atoms with van der Waals surface area (Å²) in [6.07, 6.45) is 2.66. The Morgan fingerprint density at radius 2 is 1.26 bits per heavy atom. The van der Waals surface area contributed by atoms with Crippen LogP contribution in [0, 0.1) is 5.92 Å². The quantitative estimate of drug-likeness (QED) is 0.383. The Labute approximate surface area is 111 Å². The van der Waals surface area contributed by atoms with Crippen molar-refractivity contribution < 1.29 is 40.2 Å². The minimum atomic E-state index is -1.83. The summed E-state index contributed by atoms with van der Waals surface area (Å²) in [6, 6.07) is 0. The molecule has 1 rings (SSSR count). The largest absolute Gasteiger partial charge is 0.503 e. The first-order valence-corrected chi connectivity index (χ1v) is 5.79. The van der Waals surface area contributed by atoms with Crippen molar-refractivity contribution in [3.8, 4) is 0 Å². The van der Waals surface area contributed by atoms with E-state index in [4.69, 9.17) is 35.3 Å². The van der Waals surface area contributed by atoms with Gasteiger partial charge >= 0.3 is 12.3 Å². The van der Waals surface area contributed by atoms with Gasteiger partial charge in [-0.2, -0.15) is 0 Å². The van der Waals surface area contributed by atoms with Gasteiger partial charge < -0.3 is 20.4 Å². The summed E-state index contributed by atoms with van der Waals surface area (Å²) < 4.78 is 0. The smallest absolute Gasteiger partial charge is 0.450 e. The molecule has 1 aliphatic carbocycles. The fourth-order valence-corrected chi connectivity index (χ4v) is 1.87. The molecule has 0 heterocycles. The average Bonchev–Trinajstić information content (AvgIpc) is 2.29. The molecule has 0 radical (unpaired) electrons. The molecule has 0 atom stereocenters. The van der Waals surface area contributed by atoms with Crippen LogP contribution in [-0.2, 0) is 4.89 Å². The van der Waals surface area contributed by atoms with E-state index >= 15 is 0 Å². The third-order valence-electron chi connectivity index (χ3n) is 2.82. The number of hydrogen-bond donors (Lipinski definition) is 5. The number of carbonyl (C=O) groups is 2. The summed E-state index contributed by atoms with van der Waals surface area (Å²) in [5, 5.41) is 36.5. The molecule has 1 fully saturated rings. The molecule has 0 unspecified atom stereocenters. The van der Waals surface area contributed by atoms with Crippen LogP contribution in [0.1, 0.15) is 46.0 Å². The Hall–Kier alpha value is -1.54. The first kappa shape index (κ1) is 19.8. The Morgan fingerprint density at radius 3 is 1.53 bits per heavy atom. The molecule has 5 N–H and O–H groups in total. The van der Waals surface area contributed by atoms with Crippen molar-refractivity contribution in [1.29, 1.82) is 0 Å². The molecule has 0 aliphatic heterocycles. The van der Waals surface area contributed by atoms with Crippen molar-refractivity contribution in [3.05, 3.63) is 0 Å². The van der Waals surface area contributed by atoms with E-state index in [-0.39, 0.29) is 5.60 Å². The normalized spacial score (nSPS) is 15.3. The van der Waals surface area contributed by atoms with E-state index in [0.29, 0.717) is 5.92 Å². The molecule has 0 bridgehead atoms. The van der Waals surface area contributed by atoms with Crippen molar-refractivity contribution in [2.45, 2.75) is 51.6 Å². The topological polar surface area (TPSA) is 145 Å². The molecule has 114 valence electrons. The molecule has 8 nitrogen and oxygen atoms in total. The van der Waals surface area contributed by atoms with Gasteiger partial charge in [-0.3, -0.25) is 5.26 Å². The second kappa shape index (κ2) is 10.4. The third-order valence-corrected chi connectivity index (χ3v) is 2.82. The standard InChI is InChI=1S/C9H18O2.2CH2O3/c1-9(2,11-10)8-6-4-3-5-7-8;2*2-1(3)4/h8,10H,3-7H2,1-2H3;2*(H2,2,3,4). The van der Waals surface area contributed by atoms with E-state index < -0.39 is 12.3 Å². The van der Waals surface area contributed by atoms with Crippen LogP contribution in [0.15, 0.2) is 0 Å². The van der Waals surface area contributed by atoms with E-state index in [1.807, 2.05) is 13.8 Å². The maximum atomic E-state index is 8.65. The van der Waals surface area contributed by atoms with Gasteiger partial charge in [-0.25, -0.2) is 14.5 Å². The second-order valence-electron chi connectivity index (χ2n) is 4.59. The molecule has 8 heteroatoms. The van der Waals surface area contributed by atoms with Gasteiger partial charge in [0.05, 0.1) is 0 Å². The summed E-state index contributed by atoms with van der Waals surface area (Å²) in [5.74, 6) is 0.543. The Morgan fingerprint density at radius 1 is 0.947 bits per heavy atom. The van der Waals surface area contributed by atoms with Crippen LogP contribution in [0.3, 0.4) is 0 Å². The molecular weight excluding hydrogens is 260 g/mol. The van der Waals surface area contributed by atoms with Crippen LogP contribution >= 0.6 is 0 Å². The van der Waals surface area contributed by atoms with Gasteiger partial charge in [0, 0.05) is 0 Å². The van der Waals surface area contributed by atoms with Crippen LogP contribution in [0.5, 0.6) is 0 Å². The van der Waals surface area contributed by atoms with Gasteiger partial charge in [-0.15, -0.1) is 0 Å². The van der Waals surface area contributed by atoms with Crippen molar-refractivity contribution in [3.63, 3.8) is 0 Å². The molecule has 0 aromatic rings. The predicted molar refractivity (Wildman–Crippen MR) is 65.7 cm³/mol. The van der Waals surface area contributed by atoms with E-state index in [0.717, 1.165) is 0 Å². The minimum absolute atomic E-state index is 0.333. The monoisotopic (exact) mass is 282 g/mol. The third kappa shape index (κ3) is 14.4. The molecule has 1 aliphatic rings. The van der Waals surface area contributed by atoms with Crippen molar-refractivity contribution in [1.82, 2.24) is 0 Å². The molecule has 0 amide bonds. The Kier molecular flexibility index (Phi) is 10.8. The van der Waals surface area contributed by atoms with Crippen molar-refractivity contribution >= 4 is 12.3 Å². The highest BCUT2D eigenvalue weighted by molar-refractivity contribution is 5.53. The maximum absolute atomic E-state index is 8.65. The summed E-state index contributed by atoms with van der Waals surface area (Å²) in [7, 11) is 0. The first-order chi connectivity index (χ1) is 8.63. The highest BCUT2D eigenvalue weighted by Crippen LogP contribution is 2.33. The van der Waals surface area contributed by atoms with Crippen LogP contribution in [-0.4, -0.2) is 43.6 Å². The van der Waals surface area contributed by atoms with Crippen molar-refractivity contribution in [2.24, 2.45) is 5.92 Å². The highest BCUT2D eigenvalue weighted by atomic mass is 17.1. The van der Waals surface area contributed by atoms with Crippen molar-refractivity contribution in [2.75, 3.05) is 0 Å². The maximum Gasteiger partial charge on any atom is 0.503 e. The summed E-state index contributed by atoms with van der Waals surface area (Å²) >= 11 is 0. The van der Waals surface area contributed by atoms with E-state index in [9.17, 15) is 0 Å². The zero-order valence-electron chi connectivity index (χ0n) is 11.1. The fourth-order valence-electron chi connectivity index (χ4n) is 1.87. The van der Waals surface area contributed by atoms with Gasteiger partial charge in [0.15, 0.2) is 0 Å². The van der Waals surface area contributed by atoms with Gasteiger partial charge in [-0.1, -0.05) is 19.3 Å². The van der Waals surface area contributed by atoms with Crippen LogP contribution in [0.2, 0.25) is 0 Å². The van der Waals surface area contributed by atoms with Crippen LogP contribution < -0.4 is 0 Å². The number of carboxylic acid groups (broad SMARTS) is 4. The second-order valence-corrected chi connectivity index (χ2v) is 4.59. The van der Waals surface area contributed by atoms with Gasteiger partial charge in [0.2, 0.25) is 0 Å². The zero-order chi connectivity index (χ0) is 15.5. The SMILES string of the molecule is CC(C)(OO)C1CCCCC1.O=C(O)O.O=C(O)O. The van der Waals surface area contributed by atoms with E-state index in [1.165, 1.54) is 32.1 Å². The minimum Gasteiger partial charge on any atom is -0.450 e. The van der Waals surface area contributed by atoms with Gasteiger partial charge in [-0.05, 0) is 32.6 Å². The lowest BCUT2D eigenvalue weighted by Gasteiger charge is -2.33. The zero-order valence-corrected chi connectivity index (χ0v) is 11.1. The van der Waals surface area contributed by atoms with E-state index in [2.05, 4.69) is 4.89 Å². The predicted octanol–water partition coefficient (Wildman–Crippen LogP) is 3.28. The number of hydrogen-bond acceptors (Lipinski definition) is 4. The first-order valence-electron chi connectivity index (χ1n) is 5.79. The molecule has 0 saturated heterocycles. The molecule has 0 spiro atoms. The van der Waals surface area contributed by atoms with Crippen LogP contribution in [0.4, 0.5) is 9.59 Å². The average molecular weight is 282 g/mol. The molecule has 0 aromatic carbocycles. The lowest BCUT2D eigenvalue weighted by Crippen LogP contribution is -2.34. The molecule has 0 aromatic heterocycles. The lowest BCUT2D eigenvalue weighted by atomic mass is 9.79. The molecule has 19 heavy (non-hydrogen) atoms. The van der Waals surface area contributed by atoms with Crippen LogP contribution in [0.25, 0.3) is 0 Å². The lowest BCUT2D eigenvalue weighted by molar-refractivity contribution is -0.328. The molecule has 1 saturated carbocycles. The molecular formula is C11H22O8. The summed E-state index contributed by atoms with van der Waals surface area (Å²) in [5.41, 5.74) is -0.333. The number of rotatable bonds is 2. The fraction of sp³-hybridized carbons (Fsp3) is 0.818. The van der Waals surface area contributed by atoms with Gasteiger partial charge in [0.25, 0.3) is 0 Å². The Bertz CT molecular complexity index is 237. The highest BCUT2D eigenvalue weighted by Gasteiger charge is 2.31. The Balaban J connectivity index is 0. The summed E-state index contributed by atoms with van der Waals surface area (Å²) in [4.78, 5) is 21.6. The van der Waals surface area contributed by atoms with Gasteiger partial charge in [0.1, 0.15) is 5.60 Å². The van der Waals surface area contributed by atoms with E-state index in [1.54, 1.807) is 0 Å². The summed E-state index contributed by atoms with van der Waals surface area (Å²) in [6.45, 7) is 3.92.